The standard InChI is InChI=1S/C23H22O4/c1-13-11-16(5-9-20(13)25)22-18-8-10-21(26)14(2)23(18)27-12-19(22)15-3-6-17(24)7-4-15/h3-11,19,22,24-26H,12H2,1-2H3/t19-,22-/m0/s1. The maximum atomic E-state index is 10.1. The minimum absolute atomic E-state index is 0.0110. The summed E-state index contributed by atoms with van der Waals surface area (Å²) in [4.78, 5) is 0. The first-order valence-corrected chi connectivity index (χ1v) is 8.99. The fraction of sp³-hybridized carbons (Fsp3) is 0.217. The fourth-order valence-electron chi connectivity index (χ4n) is 3.92. The smallest absolute Gasteiger partial charge is 0.129 e. The van der Waals surface area contributed by atoms with Crippen LogP contribution in [0.1, 0.15) is 39.7 Å². The van der Waals surface area contributed by atoms with Crippen LogP contribution in [0.2, 0.25) is 0 Å². The Morgan fingerprint density at radius 2 is 1.48 bits per heavy atom. The number of ether oxygens (including phenoxy) is 1. The van der Waals surface area contributed by atoms with E-state index in [4.69, 9.17) is 4.74 Å². The van der Waals surface area contributed by atoms with Gasteiger partial charge in [0.05, 0.1) is 6.61 Å². The van der Waals surface area contributed by atoms with Crippen molar-refractivity contribution in [2.75, 3.05) is 6.61 Å². The number of hydrogen-bond acceptors (Lipinski definition) is 4. The summed E-state index contributed by atoms with van der Waals surface area (Å²) in [5.41, 5.74) is 4.72. The Morgan fingerprint density at radius 3 is 2.19 bits per heavy atom. The van der Waals surface area contributed by atoms with Gasteiger partial charge in [-0.2, -0.15) is 0 Å². The normalized spacial score (nSPS) is 18.6. The molecule has 0 aliphatic carbocycles. The average Bonchev–Trinajstić information content (AvgIpc) is 2.67. The molecule has 4 rings (SSSR count). The van der Waals surface area contributed by atoms with Gasteiger partial charge in [-0.05, 0) is 54.8 Å². The van der Waals surface area contributed by atoms with Crippen LogP contribution in [-0.4, -0.2) is 21.9 Å². The Hall–Kier alpha value is -3.14. The molecule has 3 N–H and O–H groups in total. The van der Waals surface area contributed by atoms with Crippen LogP contribution >= 0.6 is 0 Å². The van der Waals surface area contributed by atoms with Gasteiger partial charge >= 0.3 is 0 Å². The molecule has 138 valence electrons. The average molecular weight is 362 g/mol. The topological polar surface area (TPSA) is 69.9 Å². The Bertz CT molecular complexity index is 992. The van der Waals surface area contributed by atoms with Crippen LogP contribution in [0.5, 0.6) is 23.0 Å². The number of fused-ring (bicyclic) bond motifs is 1. The Balaban J connectivity index is 1.90. The van der Waals surface area contributed by atoms with Gasteiger partial charge < -0.3 is 20.1 Å². The van der Waals surface area contributed by atoms with Gasteiger partial charge in [0.2, 0.25) is 0 Å². The molecule has 2 atom stereocenters. The lowest BCUT2D eigenvalue weighted by Gasteiger charge is -2.35. The molecule has 0 bridgehead atoms. The van der Waals surface area contributed by atoms with Crippen molar-refractivity contribution in [3.05, 3.63) is 82.4 Å². The van der Waals surface area contributed by atoms with Gasteiger partial charge in [-0.3, -0.25) is 0 Å². The number of aryl methyl sites for hydroxylation is 1. The SMILES string of the molecule is Cc1cc([C@H]2c3ccc(O)c(C)c3OC[C@H]2c2ccc(O)cc2)ccc1O. The molecule has 4 nitrogen and oxygen atoms in total. The quantitative estimate of drug-likeness (QED) is 0.616. The summed E-state index contributed by atoms with van der Waals surface area (Å²) >= 11 is 0. The van der Waals surface area contributed by atoms with Gasteiger partial charge in [-0.25, -0.2) is 0 Å². The third-order valence-corrected chi connectivity index (χ3v) is 5.45. The van der Waals surface area contributed by atoms with Gasteiger partial charge in [0.25, 0.3) is 0 Å². The molecule has 1 heterocycles. The fourth-order valence-corrected chi connectivity index (χ4v) is 3.92. The molecule has 0 saturated heterocycles. The highest BCUT2D eigenvalue weighted by atomic mass is 16.5. The maximum absolute atomic E-state index is 10.1. The van der Waals surface area contributed by atoms with E-state index in [1.165, 1.54) is 0 Å². The zero-order valence-corrected chi connectivity index (χ0v) is 15.3. The molecule has 1 aliphatic heterocycles. The molecule has 3 aromatic carbocycles. The lowest BCUT2D eigenvalue weighted by atomic mass is 9.75. The van der Waals surface area contributed by atoms with E-state index in [1.54, 1.807) is 24.3 Å². The molecular formula is C23H22O4. The second-order valence-corrected chi connectivity index (χ2v) is 7.16. The lowest BCUT2D eigenvalue weighted by Crippen LogP contribution is -2.25. The minimum atomic E-state index is 0.0110. The molecule has 4 heteroatoms. The van der Waals surface area contributed by atoms with Gasteiger partial charge in [-0.1, -0.05) is 30.3 Å². The zero-order chi connectivity index (χ0) is 19.1. The molecule has 0 aromatic heterocycles. The summed E-state index contributed by atoms with van der Waals surface area (Å²) < 4.78 is 6.07. The predicted molar refractivity (Wildman–Crippen MR) is 104 cm³/mol. The second-order valence-electron chi connectivity index (χ2n) is 7.16. The van der Waals surface area contributed by atoms with E-state index in [-0.39, 0.29) is 29.1 Å². The van der Waals surface area contributed by atoms with Gasteiger partial charge in [0, 0.05) is 23.0 Å². The van der Waals surface area contributed by atoms with Gasteiger partial charge in [-0.15, -0.1) is 0 Å². The van der Waals surface area contributed by atoms with Crippen molar-refractivity contribution in [2.24, 2.45) is 0 Å². The van der Waals surface area contributed by atoms with Crippen molar-refractivity contribution < 1.29 is 20.1 Å². The van der Waals surface area contributed by atoms with Crippen LogP contribution in [0, 0.1) is 13.8 Å². The number of aromatic hydroxyl groups is 3. The number of phenolic OH excluding ortho intramolecular Hbond substituents is 3. The number of phenols is 3. The van der Waals surface area contributed by atoms with Crippen LogP contribution < -0.4 is 4.74 Å². The highest BCUT2D eigenvalue weighted by molar-refractivity contribution is 5.56. The number of rotatable bonds is 2. The van der Waals surface area contributed by atoms with E-state index in [0.717, 1.165) is 33.6 Å². The summed E-state index contributed by atoms with van der Waals surface area (Å²) in [6, 6.07) is 16.5. The van der Waals surface area contributed by atoms with Crippen LogP contribution in [0.4, 0.5) is 0 Å². The Morgan fingerprint density at radius 1 is 0.815 bits per heavy atom. The molecule has 0 spiro atoms. The summed E-state index contributed by atoms with van der Waals surface area (Å²) in [6.45, 7) is 4.21. The van der Waals surface area contributed by atoms with Crippen LogP contribution in [0.3, 0.4) is 0 Å². The monoisotopic (exact) mass is 362 g/mol. The van der Waals surface area contributed by atoms with Crippen molar-refractivity contribution in [3.8, 4) is 23.0 Å². The van der Waals surface area contributed by atoms with Gasteiger partial charge in [0.1, 0.15) is 23.0 Å². The third kappa shape index (κ3) is 2.97. The molecule has 0 saturated carbocycles. The summed E-state index contributed by atoms with van der Waals surface area (Å²) in [7, 11) is 0. The first-order valence-electron chi connectivity index (χ1n) is 8.99. The molecule has 0 amide bonds. The van der Waals surface area contributed by atoms with Crippen LogP contribution in [-0.2, 0) is 0 Å². The number of benzene rings is 3. The van der Waals surface area contributed by atoms with E-state index in [9.17, 15) is 15.3 Å². The van der Waals surface area contributed by atoms with Crippen LogP contribution in [0.25, 0.3) is 0 Å². The summed E-state index contributed by atoms with van der Waals surface area (Å²) in [5.74, 6) is 1.50. The molecule has 0 fully saturated rings. The first-order chi connectivity index (χ1) is 13.0. The minimum Gasteiger partial charge on any atom is -0.508 e. The van der Waals surface area contributed by atoms with Crippen molar-refractivity contribution in [1.29, 1.82) is 0 Å². The Labute approximate surface area is 158 Å². The van der Waals surface area contributed by atoms with Gasteiger partial charge in [0.15, 0.2) is 0 Å². The highest BCUT2D eigenvalue weighted by Gasteiger charge is 2.35. The largest absolute Gasteiger partial charge is 0.508 e. The first kappa shape index (κ1) is 17.3. The van der Waals surface area contributed by atoms with Crippen molar-refractivity contribution in [3.63, 3.8) is 0 Å². The maximum Gasteiger partial charge on any atom is 0.129 e. The van der Waals surface area contributed by atoms with E-state index >= 15 is 0 Å². The molecule has 3 aromatic rings. The molecule has 1 aliphatic rings. The zero-order valence-electron chi connectivity index (χ0n) is 15.3. The molecule has 0 unspecified atom stereocenters. The summed E-state index contributed by atoms with van der Waals surface area (Å²) in [6.07, 6.45) is 0. The van der Waals surface area contributed by atoms with E-state index in [0.29, 0.717) is 6.61 Å². The molecule has 27 heavy (non-hydrogen) atoms. The Kier molecular flexibility index (Phi) is 4.19. The van der Waals surface area contributed by atoms with E-state index < -0.39 is 0 Å². The highest BCUT2D eigenvalue weighted by Crippen LogP contribution is 2.49. The summed E-state index contributed by atoms with van der Waals surface area (Å²) in [5, 5.41) is 29.7. The van der Waals surface area contributed by atoms with Crippen molar-refractivity contribution in [2.45, 2.75) is 25.7 Å². The van der Waals surface area contributed by atoms with Crippen LogP contribution in [0.15, 0.2) is 54.6 Å². The van der Waals surface area contributed by atoms with Crippen molar-refractivity contribution >= 4 is 0 Å². The second kappa shape index (κ2) is 6.54. The lowest BCUT2D eigenvalue weighted by molar-refractivity contribution is 0.245. The van der Waals surface area contributed by atoms with E-state index in [2.05, 4.69) is 0 Å². The van der Waals surface area contributed by atoms with Crippen molar-refractivity contribution in [1.82, 2.24) is 0 Å². The molecular weight excluding hydrogens is 340 g/mol. The number of hydrogen-bond donors (Lipinski definition) is 3. The van der Waals surface area contributed by atoms with E-state index in [1.807, 2.05) is 44.2 Å². The predicted octanol–water partition coefficient (Wildman–Crippen LogP) is 4.73. The third-order valence-electron chi connectivity index (χ3n) is 5.45. The molecule has 0 radical (unpaired) electrons.